The van der Waals surface area contributed by atoms with Crippen molar-refractivity contribution in [3.63, 3.8) is 0 Å². The third kappa shape index (κ3) is 2.71. The monoisotopic (exact) mass is 353 g/mol. The third-order valence-electron chi connectivity index (χ3n) is 4.50. The Morgan fingerprint density at radius 1 is 0.962 bits per heavy atom. The molecule has 0 aliphatic carbocycles. The summed E-state index contributed by atoms with van der Waals surface area (Å²) in [4.78, 5) is 50.2. The highest BCUT2D eigenvalue weighted by Gasteiger charge is 2.44. The highest BCUT2D eigenvalue weighted by Crippen LogP contribution is 2.22. The predicted octanol–water partition coefficient (Wildman–Crippen LogP) is 2.09. The van der Waals surface area contributed by atoms with Gasteiger partial charge in [-0.2, -0.15) is 0 Å². The molecule has 2 heterocycles. The first kappa shape index (κ1) is 17.6. The second-order valence-corrected chi connectivity index (χ2v) is 6.10. The molecule has 0 unspecified atom stereocenters. The van der Waals surface area contributed by atoms with Gasteiger partial charge in [-0.1, -0.05) is 18.2 Å². The Hall–Kier alpha value is -3.22. The number of ketones is 1. The van der Waals surface area contributed by atoms with Crippen LogP contribution in [0.25, 0.3) is 5.69 Å². The number of para-hydroxylation sites is 1. The molecule has 0 saturated carbocycles. The second kappa shape index (κ2) is 6.59. The van der Waals surface area contributed by atoms with E-state index in [1.54, 1.807) is 13.0 Å². The number of hydrogen-bond acceptors (Lipinski definition) is 4. The van der Waals surface area contributed by atoms with Crippen molar-refractivity contribution in [2.45, 2.75) is 20.8 Å². The number of carbonyl (C=O) groups is 4. The molecular weight excluding hydrogens is 334 g/mol. The van der Waals surface area contributed by atoms with E-state index in [0.29, 0.717) is 10.5 Å². The van der Waals surface area contributed by atoms with Crippen LogP contribution in [-0.4, -0.2) is 51.1 Å². The Balaban J connectivity index is 1.89. The van der Waals surface area contributed by atoms with Gasteiger partial charge in [0.15, 0.2) is 5.78 Å². The molecule has 1 aliphatic heterocycles. The summed E-state index contributed by atoms with van der Waals surface area (Å²) >= 11 is 0. The molecule has 1 aromatic carbocycles. The molecule has 3 rings (SSSR count). The van der Waals surface area contributed by atoms with E-state index in [1.165, 1.54) is 0 Å². The van der Waals surface area contributed by atoms with Crippen molar-refractivity contribution in [2.75, 3.05) is 13.1 Å². The first-order chi connectivity index (χ1) is 12.4. The second-order valence-electron chi connectivity index (χ2n) is 6.10. The quantitative estimate of drug-likeness (QED) is 0.468. The normalized spacial score (nSPS) is 14.5. The number of likely N-dealkylation sites (N-methyl/N-ethyl adjacent to an activating group) is 1. The summed E-state index contributed by atoms with van der Waals surface area (Å²) in [7, 11) is 0. The van der Waals surface area contributed by atoms with Crippen LogP contribution >= 0.6 is 0 Å². The molecule has 2 aromatic rings. The van der Waals surface area contributed by atoms with Crippen LogP contribution < -0.4 is 0 Å². The number of hydrogen-bond donors (Lipinski definition) is 0. The lowest BCUT2D eigenvalue weighted by Crippen LogP contribution is -2.37. The van der Waals surface area contributed by atoms with E-state index < -0.39 is 24.4 Å². The number of urea groups is 1. The minimum atomic E-state index is -0.956. The Morgan fingerprint density at radius 3 is 2.15 bits per heavy atom. The maximum Gasteiger partial charge on any atom is 0.334 e. The summed E-state index contributed by atoms with van der Waals surface area (Å²) in [6.45, 7) is 4.94. The van der Waals surface area contributed by atoms with Crippen LogP contribution in [0, 0.1) is 13.8 Å². The molecule has 0 N–H and O–H groups in total. The molecule has 0 atom stereocenters. The zero-order valence-corrected chi connectivity index (χ0v) is 14.9. The number of benzene rings is 1. The minimum absolute atomic E-state index is 0.0939. The molecule has 1 aromatic heterocycles. The van der Waals surface area contributed by atoms with Crippen molar-refractivity contribution >= 4 is 23.6 Å². The van der Waals surface area contributed by atoms with Gasteiger partial charge < -0.3 is 4.57 Å². The van der Waals surface area contributed by atoms with Gasteiger partial charge in [-0.15, -0.1) is 0 Å². The number of aromatic nitrogens is 1. The van der Waals surface area contributed by atoms with E-state index in [2.05, 4.69) is 0 Å². The maximum atomic E-state index is 12.7. The zero-order chi connectivity index (χ0) is 19.0. The van der Waals surface area contributed by atoms with Crippen LogP contribution in [0.4, 0.5) is 4.79 Å². The van der Waals surface area contributed by atoms with Crippen LogP contribution in [0.1, 0.15) is 28.7 Å². The fourth-order valence-electron chi connectivity index (χ4n) is 3.22. The number of amides is 4. The van der Waals surface area contributed by atoms with E-state index in [4.69, 9.17) is 0 Å². The number of carbonyl (C=O) groups excluding carboxylic acids is 4. The Bertz CT molecular complexity index is 914. The highest BCUT2D eigenvalue weighted by molar-refractivity contribution is 6.45. The standard InChI is InChI=1S/C19H19N3O4/c1-4-20-17(24)18(25)21(19(20)26)11-16(23)15-10-12(2)22(13(15)3)14-8-6-5-7-9-14/h5-10H,4,11H2,1-3H3. The summed E-state index contributed by atoms with van der Waals surface area (Å²) in [5, 5.41) is 0. The lowest BCUT2D eigenvalue weighted by atomic mass is 10.1. The molecule has 0 bridgehead atoms. The Kier molecular flexibility index (Phi) is 4.46. The molecule has 1 fully saturated rings. The Morgan fingerprint density at radius 2 is 1.58 bits per heavy atom. The van der Waals surface area contributed by atoms with Crippen LogP contribution in [0.5, 0.6) is 0 Å². The molecule has 134 valence electrons. The molecular formula is C19H19N3O4. The van der Waals surface area contributed by atoms with Gasteiger partial charge in [-0.25, -0.2) is 9.69 Å². The molecule has 1 aliphatic rings. The molecule has 4 amide bonds. The van der Waals surface area contributed by atoms with Crippen molar-refractivity contribution in [1.82, 2.24) is 14.4 Å². The predicted molar refractivity (Wildman–Crippen MR) is 94.1 cm³/mol. The molecule has 0 radical (unpaired) electrons. The van der Waals surface area contributed by atoms with Crippen molar-refractivity contribution in [2.24, 2.45) is 0 Å². The van der Waals surface area contributed by atoms with Crippen molar-refractivity contribution in [3.8, 4) is 5.69 Å². The van der Waals surface area contributed by atoms with Crippen LogP contribution in [-0.2, 0) is 9.59 Å². The lowest BCUT2D eigenvalue weighted by Gasteiger charge is -2.13. The number of imide groups is 2. The number of aryl methyl sites for hydroxylation is 1. The van der Waals surface area contributed by atoms with Gasteiger partial charge in [0.05, 0.1) is 6.54 Å². The summed E-state index contributed by atoms with van der Waals surface area (Å²) in [6, 6.07) is 10.6. The molecule has 26 heavy (non-hydrogen) atoms. The molecule has 7 nitrogen and oxygen atoms in total. The number of Topliss-reactive ketones (excluding diaryl/α,β-unsaturated/α-hetero) is 1. The number of nitrogens with zero attached hydrogens (tertiary/aromatic N) is 3. The van der Waals surface area contributed by atoms with Gasteiger partial charge in [0, 0.05) is 29.2 Å². The number of rotatable bonds is 5. The smallest absolute Gasteiger partial charge is 0.318 e. The van der Waals surface area contributed by atoms with E-state index in [9.17, 15) is 19.2 Å². The van der Waals surface area contributed by atoms with Crippen molar-refractivity contribution in [1.29, 1.82) is 0 Å². The van der Waals surface area contributed by atoms with E-state index in [-0.39, 0.29) is 12.3 Å². The Labute approximate surface area is 150 Å². The molecule has 7 heteroatoms. The van der Waals surface area contributed by atoms with Gasteiger partial charge in [-0.3, -0.25) is 19.3 Å². The molecule has 1 saturated heterocycles. The zero-order valence-electron chi connectivity index (χ0n) is 14.9. The van der Waals surface area contributed by atoms with Crippen LogP contribution in [0.15, 0.2) is 36.4 Å². The fourth-order valence-corrected chi connectivity index (χ4v) is 3.22. The van der Waals surface area contributed by atoms with E-state index in [0.717, 1.165) is 22.0 Å². The van der Waals surface area contributed by atoms with Gasteiger partial charge in [0.2, 0.25) is 0 Å². The summed E-state index contributed by atoms with van der Waals surface area (Å²) in [5.41, 5.74) is 2.93. The van der Waals surface area contributed by atoms with E-state index in [1.807, 2.05) is 48.7 Å². The van der Waals surface area contributed by atoms with Gasteiger partial charge in [-0.05, 0) is 39.0 Å². The average molecular weight is 353 g/mol. The van der Waals surface area contributed by atoms with Crippen LogP contribution in [0.3, 0.4) is 0 Å². The minimum Gasteiger partial charge on any atom is -0.318 e. The first-order valence-electron chi connectivity index (χ1n) is 8.31. The van der Waals surface area contributed by atoms with Crippen LogP contribution in [0.2, 0.25) is 0 Å². The topological polar surface area (TPSA) is 79.7 Å². The maximum absolute atomic E-state index is 12.7. The highest BCUT2D eigenvalue weighted by atomic mass is 16.2. The van der Waals surface area contributed by atoms with Gasteiger partial charge in [0.1, 0.15) is 0 Å². The summed E-state index contributed by atoms with van der Waals surface area (Å²) in [5.74, 6) is -2.23. The summed E-state index contributed by atoms with van der Waals surface area (Å²) in [6.07, 6.45) is 0. The van der Waals surface area contributed by atoms with E-state index >= 15 is 0 Å². The van der Waals surface area contributed by atoms with Crippen molar-refractivity contribution < 1.29 is 19.2 Å². The van der Waals surface area contributed by atoms with Gasteiger partial charge >= 0.3 is 17.8 Å². The third-order valence-corrected chi connectivity index (χ3v) is 4.50. The van der Waals surface area contributed by atoms with Crippen molar-refractivity contribution in [3.05, 3.63) is 53.3 Å². The lowest BCUT2D eigenvalue weighted by molar-refractivity contribution is -0.143. The summed E-state index contributed by atoms with van der Waals surface area (Å²) < 4.78 is 1.93. The fraction of sp³-hybridized carbons (Fsp3) is 0.263. The SMILES string of the molecule is CCN1C(=O)C(=O)N(CC(=O)c2cc(C)n(-c3ccccc3)c2C)C1=O. The molecule has 0 spiro atoms. The average Bonchev–Trinajstić information content (AvgIpc) is 3.03. The largest absolute Gasteiger partial charge is 0.334 e. The first-order valence-corrected chi connectivity index (χ1v) is 8.31. The van der Waals surface area contributed by atoms with Gasteiger partial charge in [0.25, 0.3) is 0 Å².